The smallest absolute Gasteiger partial charge is 0.201 e. The lowest BCUT2D eigenvalue weighted by molar-refractivity contribution is 0.285. The number of aryl methyl sites for hydroxylation is 1. The summed E-state index contributed by atoms with van der Waals surface area (Å²) in [6.45, 7) is 4.49. The van der Waals surface area contributed by atoms with Gasteiger partial charge in [-0.1, -0.05) is 62.9 Å². The average molecular weight is 443 g/mol. The first-order valence-electron chi connectivity index (χ1n) is 11.1. The fourth-order valence-corrected chi connectivity index (χ4v) is 3.42. The van der Waals surface area contributed by atoms with Crippen molar-refractivity contribution in [2.24, 2.45) is 0 Å². The average Bonchev–Trinajstić information content (AvgIpc) is 2.79. The van der Waals surface area contributed by atoms with Gasteiger partial charge in [0.1, 0.15) is 6.61 Å². The quantitative estimate of drug-likeness (QED) is 0.280. The Morgan fingerprint density at radius 1 is 0.719 bits per heavy atom. The minimum absolute atomic E-state index is 0.0631. The van der Waals surface area contributed by atoms with Crippen molar-refractivity contribution < 1.29 is 22.6 Å². The summed E-state index contributed by atoms with van der Waals surface area (Å²) in [6.07, 6.45) is 5.28. The van der Waals surface area contributed by atoms with Gasteiger partial charge in [0.2, 0.25) is 5.82 Å². The van der Waals surface area contributed by atoms with Crippen molar-refractivity contribution in [3.8, 4) is 22.6 Å². The van der Waals surface area contributed by atoms with E-state index in [4.69, 9.17) is 9.47 Å². The van der Waals surface area contributed by atoms with Crippen LogP contribution in [0.1, 0.15) is 50.2 Å². The van der Waals surface area contributed by atoms with Gasteiger partial charge in [0.25, 0.3) is 0 Å². The van der Waals surface area contributed by atoms with Crippen LogP contribution in [0.2, 0.25) is 0 Å². The van der Waals surface area contributed by atoms with E-state index >= 15 is 0 Å². The largest absolute Gasteiger partial charge is 0.490 e. The van der Waals surface area contributed by atoms with Crippen molar-refractivity contribution in [3.63, 3.8) is 0 Å². The van der Waals surface area contributed by atoms with Crippen LogP contribution in [0.3, 0.4) is 0 Å². The Kier molecular flexibility index (Phi) is 8.60. The summed E-state index contributed by atoms with van der Waals surface area (Å²) >= 11 is 0. The van der Waals surface area contributed by atoms with Crippen LogP contribution in [0.25, 0.3) is 11.1 Å². The Balaban J connectivity index is 1.60. The number of rotatable bonds is 11. The van der Waals surface area contributed by atoms with Gasteiger partial charge in [-0.15, -0.1) is 0 Å². The van der Waals surface area contributed by atoms with Crippen LogP contribution in [-0.4, -0.2) is 6.61 Å². The van der Waals surface area contributed by atoms with Gasteiger partial charge in [0.15, 0.2) is 23.1 Å². The molecule has 0 unspecified atom stereocenters. The first kappa shape index (κ1) is 23.7. The van der Waals surface area contributed by atoms with Crippen LogP contribution >= 0.6 is 0 Å². The van der Waals surface area contributed by atoms with E-state index in [1.807, 2.05) is 0 Å². The third kappa shape index (κ3) is 6.28. The van der Waals surface area contributed by atoms with E-state index in [2.05, 4.69) is 6.92 Å². The van der Waals surface area contributed by atoms with Crippen molar-refractivity contribution in [2.75, 3.05) is 6.61 Å². The Morgan fingerprint density at radius 3 is 2.16 bits per heavy atom. The second-order valence-corrected chi connectivity index (χ2v) is 7.92. The van der Waals surface area contributed by atoms with Crippen molar-refractivity contribution in [1.82, 2.24) is 0 Å². The highest BCUT2D eigenvalue weighted by Gasteiger charge is 2.16. The van der Waals surface area contributed by atoms with E-state index < -0.39 is 17.5 Å². The molecular formula is C27H29F3O2. The molecular weight excluding hydrogens is 413 g/mol. The molecule has 0 spiro atoms. The lowest BCUT2D eigenvalue weighted by Gasteiger charge is -2.11. The molecule has 0 N–H and O–H groups in total. The third-order valence-corrected chi connectivity index (χ3v) is 5.30. The number of ether oxygens (including phenoxy) is 2. The molecule has 0 aliphatic rings. The summed E-state index contributed by atoms with van der Waals surface area (Å²) in [5, 5.41) is 0. The molecule has 3 aromatic rings. The second kappa shape index (κ2) is 11.6. The summed E-state index contributed by atoms with van der Waals surface area (Å²) in [5.74, 6) is -2.21. The molecule has 170 valence electrons. The monoisotopic (exact) mass is 442 g/mol. The highest BCUT2D eigenvalue weighted by atomic mass is 19.2. The zero-order chi connectivity index (χ0) is 22.9. The van der Waals surface area contributed by atoms with Crippen molar-refractivity contribution in [3.05, 3.63) is 83.2 Å². The van der Waals surface area contributed by atoms with Gasteiger partial charge < -0.3 is 9.47 Å². The molecule has 0 aromatic heterocycles. The van der Waals surface area contributed by atoms with Crippen LogP contribution < -0.4 is 9.47 Å². The topological polar surface area (TPSA) is 18.5 Å². The van der Waals surface area contributed by atoms with Crippen LogP contribution in [0, 0.1) is 24.4 Å². The molecule has 3 rings (SSSR count). The third-order valence-electron chi connectivity index (χ3n) is 5.30. The second-order valence-electron chi connectivity index (χ2n) is 7.92. The number of hydrogen-bond acceptors (Lipinski definition) is 2. The molecule has 5 heteroatoms. The maximum atomic E-state index is 14.6. The predicted octanol–water partition coefficient (Wildman–Crippen LogP) is 8.01. The molecule has 0 amide bonds. The summed E-state index contributed by atoms with van der Waals surface area (Å²) in [4.78, 5) is 0. The lowest BCUT2D eigenvalue weighted by Crippen LogP contribution is -2.02. The maximum absolute atomic E-state index is 14.6. The van der Waals surface area contributed by atoms with Gasteiger partial charge in [-0.2, -0.15) is 4.39 Å². The molecule has 0 saturated carbocycles. The van der Waals surface area contributed by atoms with Crippen molar-refractivity contribution in [2.45, 2.75) is 52.6 Å². The highest BCUT2D eigenvalue weighted by molar-refractivity contribution is 5.65. The molecule has 0 aliphatic carbocycles. The number of halogens is 3. The maximum Gasteiger partial charge on any atom is 0.201 e. The zero-order valence-electron chi connectivity index (χ0n) is 18.6. The molecule has 0 radical (unpaired) electrons. The van der Waals surface area contributed by atoms with Crippen LogP contribution in [0.4, 0.5) is 13.2 Å². The van der Waals surface area contributed by atoms with E-state index in [0.717, 1.165) is 36.8 Å². The molecule has 0 bridgehead atoms. The van der Waals surface area contributed by atoms with Gasteiger partial charge in [0.05, 0.1) is 6.61 Å². The molecule has 0 saturated heterocycles. The zero-order valence-corrected chi connectivity index (χ0v) is 18.6. The minimum atomic E-state index is -0.974. The molecule has 3 aromatic carbocycles. The summed E-state index contributed by atoms with van der Waals surface area (Å²) in [5.41, 5.74) is 2.31. The van der Waals surface area contributed by atoms with Gasteiger partial charge in [-0.05, 0) is 54.3 Å². The first-order chi connectivity index (χ1) is 15.5. The van der Waals surface area contributed by atoms with E-state index in [0.29, 0.717) is 12.2 Å². The van der Waals surface area contributed by atoms with E-state index in [1.54, 1.807) is 43.3 Å². The molecule has 32 heavy (non-hydrogen) atoms. The summed E-state index contributed by atoms with van der Waals surface area (Å²) in [6, 6.07) is 14.7. The minimum Gasteiger partial charge on any atom is -0.490 e. The Labute approximate surface area is 188 Å². The summed E-state index contributed by atoms with van der Waals surface area (Å²) in [7, 11) is 0. The van der Waals surface area contributed by atoms with E-state index in [1.165, 1.54) is 24.6 Å². The van der Waals surface area contributed by atoms with Crippen LogP contribution in [0.5, 0.6) is 11.5 Å². The summed E-state index contributed by atoms with van der Waals surface area (Å²) < 4.78 is 54.0. The van der Waals surface area contributed by atoms with Crippen molar-refractivity contribution >= 4 is 0 Å². The van der Waals surface area contributed by atoms with Gasteiger partial charge in [-0.25, -0.2) is 8.78 Å². The van der Waals surface area contributed by atoms with Crippen LogP contribution in [0.15, 0.2) is 54.6 Å². The predicted molar refractivity (Wildman–Crippen MR) is 122 cm³/mol. The number of unbranched alkanes of at least 4 members (excludes halogenated alkanes) is 4. The molecule has 2 nitrogen and oxygen atoms in total. The molecule has 0 aliphatic heterocycles. The Morgan fingerprint density at radius 2 is 1.44 bits per heavy atom. The Hall–Kier alpha value is -2.95. The molecule has 0 fully saturated rings. The number of hydrogen-bond donors (Lipinski definition) is 0. The van der Waals surface area contributed by atoms with E-state index in [-0.39, 0.29) is 23.7 Å². The standard InChI is InChI=1S/C27H29F3O2/c1-3-4-5-6-7-16-31-25-15-13-22(26(29)27(25)30)21-11-9-20(10-12-21)18-32-24-14-8-19(2)17-23(24)28/h8-15,17H,3-7,16,18H2,1-2H3. The Bertz CT molecular complexity index is 1020. The SMILES string of the molecule is CCCCCCCOc1ccc(-c2ccc(COc3ccc(C)cc3F)cc2)c(F)c1F. The normalized spacial score (nSPS) is 10.9. The van der Waals surface area contributed by atoms with Gasteiger partial charge >= 0.3 is 0 Å². The van der Waals surface area contributed by atoms with Gasteiger partial charge in [-0.3, -0.25) is 0 Å². The van der Waals surface area contributed by atoms with Gasteiger partial charge in [0, 0.05) is 5.56 Å². The molecule has 0 atom stereocenters. The first-order valence-corrected chi connectivity index (χ1v) is 11.1. The fraction of sp³-hybridized carbons (Fsp3) is 0.333. The number of benzene rings is 3. The highest BCUT2D eigenvalue weighted by Crippen LogP contribution is 2.30. The lowest BCUT2D eigenvalue weighted by atomic mass is 10.0. The fourth-order valence-electron chi connectivity index (χ4n) is 3.42. The van der Waals surface area contributed by atoms with Crippen LogP contribution in [-0.2, 0) is 6.61 Å². The van der Waals surface area contributed by atoms with E-state index in [9.17, 15) is 13.2 Å². The molecule has 0 heterocycles. The van der Waals surface area contributed by atoms with Crippen molar-refractivity contribution in [1.29, 1.82) is 0 Å².